The van der Waals surface area contributed by atoms with Crippen LogP contribution in [0.25, 0.3) is 16.6 Å². The fourth-order valence-corrected chi connectivity index (χ4v) is 19.5. The van der Waals surface area contributed by atoms with Crippen molar-refractivity contribution >= 4 is 97.5 Å². The summed E-state index contributed by atoms with van der Waals surface area (Å²) in [6, 6.07) is 11.4. The molecule has 0 aliphatic carbocycles. The van der Waals surface area contributed by atoms with Gasteiger partial charge in [0.05, 0.1) is 44.2 Å². The number of nitrogen functional groups attached to an aromatic ring is 1. The van der Waals surface area contributed by atoms with E-state index in [1.165, 1.54) is 39.6 Å². The molecule has 2 aromatic heterocycles. The summed E-state index contributed by atoms with van der Waals surface area (Å²) in [5, 5.41) is 24.2. The van der Waals surface area contributed by atoms with Crippen LogP contribution in [0.2, 0.25) is 0 Å². The maximum atomic E-state index is 13.9. The second-order valence-electron chi connectivity index (χ2n) is 26.1. The summed E-state index contributed by atoms with van der Waals surface area (Å²) in [4.78, 5) is 110. The number of ether oxygens (including phenoxy) is 7. The number of carboxylic acid groups (broad SMARTS) is 1. The number of urea groups is 1. The molecule has 566 valence electrons. The van der Waals surface area contributed by atoms with Crippen LogP contribution in [0.4, 0.5) is 21.1 Å². The summed E-state index contributed by atoms with van der Waals surface area (Å²) >= 11 is 0. The number of aromatic carboxylic acids is 1. The van der Waals surface area contributed by atoms with Crippen LogP contribution in [0.1, 0.15) is 144 Å². The number of alkyl carbamates (subject to hydrolysis) is 1. The summed E-state index contributed by atoms with van der Waals surface area (Å²) in [6.07, 6.45) is 10.3. The number of amides is 4. The molecule has 6 aliphatic rings. The zero-order valence-corrected chi connectivity index (χ0v) is 62.4. The average molecular weight is 1540 g/mol. The Balaban J connectivity index is 0.533. The fraction of sp³-hybridized carbons (Fsp3) is 0.537. The number of aromatic nitrogens is 3. The molecule has 12 N–H and O–H groups in total. The van der Waals surface area contributed by atoms with E-state index >= 15 is 0 Å². The summed E-state index contributed by atoms with van der Waals surface area (Å²) in [5.74, 6) is 3.60. The molecular formula is C67H90N10O22P3S2+. The van der Waals surface area contributed by atoms with Gasteiger partial charge < -0.3 is 49.6 Å². The predicted octanol–water partition coefficient (Wildman–Crippen LogP) is 5.97. The molecule has 2 unspecified atom stereocenters. The van der Waals surface area contributed by atoms with Crippen LogP contribution < -0.4 is 51.8 Å². The van der Waals surface area contributed by atoms with Gasteiger partial charge in [0.2, 0.25) is 5.36 Å². The van der Waals surface area contributed by atoms with Crippen molar-refractivity contribution in [3.63, 3.8) is 0 Å². The van der Waals surface area contributed by atoms with Crippen molar-refractivity contribution in [1.82, 2.24) is 40.4 Å². The zero-order chi connectivity index (χ0) is 73.8. The first-order chi connectivity index (χ1) is 49.9. The first-order valence-electron chi connectivity index (χ1n) is 34.7. The van der Waals surface area contributed by atoms with E-state index < -0.39 is 67.0 Å². The van der Waals surface area contributed by atoms with Crippen molar-refractivity contribution in [2.45, 2.75) is 127 Å². The second-order valence-corrected chi connectivity index (χ2v) is 33.8. The maximum absolute atomic E-state index is 13.9. The van der Waals surface area contributed by atoms with Gasteiger partial charge in [-0.05, 0) is 120 Å². The number of nitrogens with one attached hydrogen (secondary N) is 4. The molecule has 3 aromatic carbocycles. The van der Waals surface area contributed by atoms with E-state index in [4.69, 9.17) is 53.2 Å². The Kier molecular flexibility index (Phi) is 26.8. The molecule has 5 aromatic rings. The first-order valence-corrected chi connectivity index (χ1v) is 41.8. The topological polar surface area (TPSA) is 427 Å². The molecule has 0 radical (unpaired) electrons. The SMILES string of the molecule is CCOC1C[C@H](n2cc(C#CNC(=O)NCCCCCOCSSC(C)(C)CCOC(=O)NCCOCCOCCNC(=O)c3ccc(C(=O)O)c(C4=c5cc6c7c(c5Oc5c4cc4c8c5CCCN8CCC4)CCC[N+]=7CCC6)c3)c3c(N)ncnc32)O[C@@H]1COP(=O)(O)O[PH](O)(O)OP(=O)(O)O. The number of nitrogens with two attached hydrogens (primary N) is 1. The number of hydrogen-bond donors (Lipinski definition) is 11. The number of benzene rings is 3. The molecule has 4 amide bonds. The van der Waals surface area contributed by atoms with Crippen molar-refractivity contribution in [1.29, 1.82) is 0 Å². The number of nitrogens with zero attached hydrogens (tertiary/aromatic N) is 5. The molecule has 1 fully saturated rings. The quantitative estimate of drug-likeness (QED) is 0.00415. The van der Waals surface area contributed by atoms with E-state index in [0.29, 0.717) is 59.7 Å². The van der Waals surface area contributed by atoms with E-state index in [9.17, 15) is 48.1 Å². The third-order valence-corrected chi connectivity index (χ3v) is 25.5. The minimum absolute atomic E-state index is 0.0791. The van der Waals surface area contributed by atoms with Gasteiger partial charge in [-0.25, -0.2) is 19.0 Å². The fourth-order valence-electron chi connectivity index (χ4n) is 13.8. The van der Waals surface area contributed by atoms with Gasteiger partial charge in [0, 0.05) is 95.7 Å². The molecule has 104 heavy (non-hydrogen) atoms. The number of aryl methyl sites for hydroxylation is 2. The second kappa shape index (κ2) is 35.5. The number of carboxylic acids is 1. The molecule has 1 saturated heterocycles. The Morgan fingerprint density at radius 1 is 0.837 bits per heavy atom. The van der Waals surface area contributed by atoms with Crippen LogP contribution in [-0.4, -0.2) is 190 Å². The van der Waals surface area contributed by atoms with Crippen molar-refractivity contribution in [3.8, 4) is 23.5 Å². The van der Waals surface area contributed by atoms with Crippen LogP contribution in [0.5, 0.6) is 11.5 Å². The number of rotatable bonds is 35. The van der Waals surface area contributed by atoms with Gasteiger partial charge in [0.25, 0.3) is 5.91 Å². The number of fused-ring (bicyclic) bond motifs is 5. The minimum atomic E-state index is -5.82. The van der Waals surface area contributed by atoms with Crippen molar-refractivity contribution in [3.05, 3.63) is 104 Å². The van der Waals surface area contributed by atoms with Crippen molar-refractivity contribution in [2.75, 3.05) is 115 Å². The summed E-state index contributed by atoms with van der Waals surface area (Å²) in [7, 11) is -13.5. The number of anilines is 2. The molecule has 8 heterocycles. The third kappa shape index (κ3) is 20.2. The number of hydrogen-bond acceptors (Lipinski definition) is 24. The van der Waals surface area contributed by atoms with Crippen LogP contribution in [-0.2, 0) is 76.4 Å². The van der Waals surface area contributed by atoms with Gasteiger partial charge in [-0.1, -0.05) is 21.6 Å². The number of carbonyl (C=O) groups excluding carboxylic acids is 3. The standard InChI is InChI=1S/C67H89N10O22P3S2/c1-4-93-52-37-54(96-53(52)39-95-101(86,87)99-102(88,89)98-100(83,84)85)77-38-45(55-61(68)73-40-74-62(55)77)18-21-71-65(81)70-20-6-5-7-28-92-41-103-104-67(2,3)19-29-94-66(82)72-23-31-91-33-32-90-30-22-69-63(78)44-16-17-46(64(79)80)49(36-44)56-50-34-42-12-8-24-75-26-10-14-47(57(42)75)59(50)97-60-48-15-11-27-76-25-9-13-43(58(48)76)35-51(56)60/h16-17,34-36,38,40,52-54,88-89,102H,4-15,19-20,22-33,37,39,41H2,1-3H3,(H9-,68,69,70,71,72,73,74,78,79,80,81,82,83,84,85,86,87)/p+1/t52?,53-,54-/m1/s1. The zero-order valence-electron chi connectivity index (χ0n) is 58.0. The molecule has 37 heteroatoms. The summed E-state index contributed by atoms with van der Waals surface area (Å²) in [5.41, 5.74) is 15.7. The number of unbranched alkanes of at least 4 members (excludes halogenated alkanes) is 2. The first kappa shape index (κ1) is 78.5. The Morgan fingerprint density at radius 3 is 2.36 bits per heavy atom. The van der Waals surface area contributed by atoms with Gasteiger partial charge in [-0.2, -0.15) is 0 Å². The molecule has 11 rings (SSSR count). The van der Waals surface area contributed by atoms with Crippen LogP contribution >= 0.6 is 45.4 Å². The molecule has 0 spiro atoms. The van der Waals surface area contributed by atoms with Gasteiger partial charge >= 0.3 is 210 Å². The molecule has 4 atom stereocenters. The van der Waals surface area contributed by atoms with Crippen molar-refractivity contribution < 1.29 is 104 Å². The third-order valence-electron chi connectivity index (χ3n) is 18.3. The van der Waals surface area contributed by atoms with Crippen molar-refractivity contribution in [2.24, 2.45) is 0 Å². The van der Waals surface area contributed by atoms with E-state index in [1.54, 1.807) is 57.5 Å². The Labute approximate surface area is 608 Å². The molecule has 0 saturated carbocycles. The van der Waals surface area contributed by atoms with Crippen LogP contribution in [0, 0.1) is 12.0 Å². The Bertz CT molecular complexity index is 4300. The normalized spacial score (nSPS) is 18.2. The molecule has 32 nitrogen and oxygen atoms in total. The summed E-state index contributed by atoms with van der Waals surface area (Å²) in [6.45, 7) is 11.9. The summed E-state index contributed by atoms with van der Waals surface area (Å²) < 4.78 is 81.7. The van der Waals surface area contributed by atoms with Crippen LogP contribution in [0.3, 0.4) is 0 Å². The van der Waals surface area contributed by atoms with Gasteiger partial charge in [-0.15, -0.1) is 0 Å². The van der Waals surface area contributed by atoms with Crippen LogP contribution in [0.15, 0.2) is 42.9 Å². The van der Waals surface area contributed by atoms with E-state index in [2.05, 4.69) is 87.3 Å². The number of phosphoric acid groups is 2. The van der Waals surface area contributed by atoms with E-state index in [1.807, 2.05) is 0 Å². The van der Waals surface area contributed by atoms with Gasteiger partial charge in [0.15, 0.2) is 0 Å². The predicted molar refractivity (Wildman–Crippen MR) is 388 cm³/mol. The Hall–Kier alpha value is -6.54. The van der Waals surface area contributed by atoms with Gasteiger partial charge in [-0.3, -0.25) is 10.1 Å². The molecular weight excluding hydrogens is 1450 g/mol. The number of carbonyl (C=O) groups is 4. The van der Waals surface area contributed by atoms with E-state index in [0.717, 1.165) is 118 Å². The van der Waals surface area contributed by atoms with E-state index in [-0.39, 0.29) is 81.2 Å². The Morgan fingerprint density at radius 2 is 1.59 bits per heavy atom. The monoisotopic (exact) mass is 1540 g/mol. The molecule has 0 bridgehead atoms. The average Bonchev–Trinajstić information content (AvgIpc) is 0.913. The number of phosphoric ester groups is 1. The van der Waals surface area contributed by atoms with Gasteiger partial charge in [0.1, 0.15) is 30.5 Å². The molecule has 6 aliphatic heterocycles.